The van der Waals surface area contributed by atoms with Gasteiger partial charge in [0.25, 0.3) is 0 Å². The Morgan fingerprint density at radius 1 is 1.56 bits per heavy atom. The molecule has 1 aromatic rings. The minimum Gasteiger partial charge on any atom is -0.376 e. The van der Waals surface area contributed by atoms with Crippen LogP contribution >= 0.6 is 0 Å². The van der Waals surface area contributed by atoms with E-state index in [-0.39, 0.29) is 0 Å². The van der Waals surface area contributed by atoms with Crippen LogP contribution in [0.3, 0.4) is 0 Å². The van der Waals surface area contributed by atoms with E-state index in [1.165, 1.54) is 5.56 Å². The number of aromatic nitrogens is 1. The van der Waals surface area contributed by atoms with Gasteiger partial charge < -0.3 is 10.1 Å². The SMILES string of the molecule is CCCNc1ncccc1CN1CCOC(C)C1. The van der Waals surface area contributed by atoms with Gasteiger partial charge in [0.05, 0.1) is 12.7 Å². The highest BCUT2D eigenvalue weighted by Crippen LogP contribution is 2.16. The summed E-state index contributed by atoms with van der Waals surface area (Å²) >= 11 is 0. The molecule has 1 aliphatic heterocycles. The summed E-state index contributed by atoms with van der Waals surface area (Å²) in [7, 11) is 0. The van der Waals surface area contributed by atoms with E-state index in [4.69, 9.17) is 4.74 Å². The van der Waals surface area contributed by atoms with E-state index in [1.807, 2.05) is 12.3 Å². The highest BCUT2D eigenvalue weighted by atomic mass is 16.5. The van der Waals surface area contributed by atoms with Crippen LogP contribution in [-0.4, -0.2) is 42.2 Å². The van der Waals surface area contributed by atoms with Crippen molar-refractivity contribution in [2.45, 2.75) is 32.9 Å². The molecular weight excluding hydrogens is 226 g/mol. The smallest absolute Gasteiger partial charge is 0.130 e. The first kappa shape index (κ1) is 13.3. The molecule has 1 aliphatic rings. The number of nitrogens with zero attached hydrogens (tertiary/aromatic N) is 2. The van der Waals surface area contributed by atoms with Crippen LogP contribution in [0.4, 0.5) is 5.82 Å². The molecule has 2 rings (SSSR count). The lowest BCUT2D eigenvalue weighted by atomic mass is 10.2. The fraction of sp³-hybridized carbons (Fsp3) is 0.643. The van der Waals surface area contributed by atoms with Gasteiger partial charge in [0.15, 0.2) is 0 Å². The topological polar surface area (TPSA) is 37.4 Å². The summed E-state index contributed by atoms with van der Waals surface area (Å²) in [6.07, 6.45) is 3.30. The van der Waals surface area contributed by atoms with Gasteiger partial charge in [-0.05, 0) is 19.4 Å². The summed E-state index contributed by atoms with van der Waals surface area (Å²) in [5.41, 5.74) is 1.28. The number of rotatable bonds is 5. The average Bonchev–Trinajstić information content (AvgIpc) is 2.38. The summed E-state index contributed by atoms with van der Waals surface area (Å²) in [5, 5.41) is 3.39. The standard InChI is InChI=1S/C14H23N3O/c1-3-6-15-14-13(5-4-7-16-14)11-17-8-9-18-12(2)10-17/h4-5,7,12H,3,6,8-11H2,1-2H3,(H,15,16). The van der Waals surface area contributed by atoms with Crippen molar-refractivity contribution in [3.63, 3.8) is 0 Å². The quantitative estimate of drug-likeness (QED) is 0.867. The number of pyridine rings is 1. The Hall–Kier alpha value is -1.13. The molecule has 1 saturated heterocycles. The van der Waals surface area contributed by atoms with Crippen LogP contribution in [0.25, 0.3) is 0 Å². The van der Waals surface area contributed by atoms with Crippen molar-refractivity contribution in [1.29, 1.82) is 0 Å². The zero-order chi connectivity index (χ0) is 12.8. The molecule has 4 heteroatoms. The van der Waals surface area contributed by atoms with E-state index >= 15 is 0 Å². The Bertz CT molecular complexity index is 370. The molecule has 2 heterocycles. The largest absolute Gasteiger partial charge is 0.376 e. The molecule has 0 aliphatic carbocycles. The summed E-state index contributed by atoms with van der Waals surface area (Å²) in [6.45, 7) is 9.07. The monoisotopic (exact) mass is 249 g/mol. The summed E-state index contributed by atoms with van der Waals surface area (Å²) in [6, 6.07) is 4.17. The van der Waals surface area contributed by atoms with Gasteiger partial charge in [-0.3, -0.25) is 4.90 Å². The van der Waals surface area contributed by atoms with Crippen LogP contribution in [0.1, 0.15) is 25.8 Å². The Morgan fingerprint density at radius 2 is 2.44 bits per heavy atom. The Labute approximate surface area is 109 Å². The van der Waals surface area contributed by atoms with Crippen LogP contribution in [0, 0.1) is 0 Å². The zero-order valence-corrected chi connectivity index (χ0v) is 11.4. The fourth-order valence-corrected chi connectivity index (χ4v) is 2.24. The maximum absolute atomic E-state index is 5.57. The minimum absolute atomic E-state index is 0.336. The maximum Gasteiger partial charge on any atom is 0.130 e. The molecule has 1 fully saturated rings. The molecule has 0 aromatic carbocycles. The molecule has 1 N–H and O–H groups in total. The van der Waals surface area contributed by atoms with Gasteiger partial charge in [-0.1, -0.05) is 13.0 Å². The molecular formula is C14H23N3O. The molecule has 0 amide bonds. The van der Waals surface area contributed by atoms with Crippen molar-refractivity contribution in [2.75, 3.05) is 31.6 Å². The van der Waals surface area contributed by atoms with Crippen LogP contribution in [0.15, 0.2) is 18.3 Å². The second-order valence-electron chi connectivity index (χ2n) is 4.85. The highest BCUT2D eigenvalue weighted by molar-refractivity contribution is 5.43. The molecule has 0 radical (unpaired) electrons. The van der Waals surface area contributed by atoms with Crippen molar-refractivity contribution in [2.24, 2.45) is 0 Å². The predicted molar refractivity (Wildman–Crippen MR) is 73.7 cm³/mol. The Morgan fingerprint density at radius 3 is 3.22 bits per heavy atom. The van der Waals surface area contributed by atoms with Gasteiger partial charge in [0.1, 0.15) is 5.82 Å². The Kier molecular flexibility index (Phi) is 4.96. The van der Waals surface area contributed by atoms with Crippen LogP contribution < -0.4 is 5.32 Å². The summed E-state index contributed by atoms with van der Waals surface area (Å²) in [4.78, 5) is 6.86. The van der Waals surface area contributed by atoms with Gasteiger partial charge in [-0.25, -0.2) is 4.98 Å². The highest BCUT2D eigenvalue weighted by Gasteiger charge is 2.17. The van der Waals surface area contributed by atoms with E-state index < -0.39 is 0 Å². The predicted octanol–water partition coefficient (Wildman–Crippen LogP) is 2.12. The van der Waals surface area contributed by atoms with E-state index in [0.717, 1.165) is 45.0 Å². The third kappa shape index (κ3) is 3.68. The normalized spacial score (nSPS) is 20.9. The molecule has 1 unspecified atom stereocenters. The molecule has 0 saturated carbocycles. The summed E-state index contributed by atoms with van der Waals surface area (Å²) in [5.74, 6) is 1.03. The third-order valence-corrected chi connectivity index (χ3v) is 3.15. The van der Waals surface area contributed by atoms with Crippen molar-refractivity contribution >= 4 is 5.82 Å². The lowest BCUT2D eigenvalue weighted by Gasteiger charge is -2.31. The molecule has 1 aromatic heterocycles. The number of morpholine rings is 1. The van der Waals surface area contributed by atoms with Gasteiger partial charge in [-0.2, -0.15) is 0 Å². The molecule has 18 heavy (non-hydrogen) atoms. The van der Waals surface area contributed by atoms with E-state index in [0.29, 0.717) is 6.10 Å². The van der Waals surface area contributed by atoms with Gasteiger partial charge >= 0.3 is 0 Å². The molecule has 0 bridgehead atoms. The lowest BCUT2D eigenvalue weighted by molar-refractivity contribution is -0.0211. The van der Waals surface area contributed by atoms with Crippen LogP contribution in [0.5, 0.6) is 0 Å². The number of hydrogen-bond donors (Lipinski definition) is 1. The van der Waals surface area contributed by atoms with Crippen molar-refractivity contribution in [3.8, 4) is 0 Å². The fourth-order valence-electron chi connectivity index (χ4n) is 2.24. The number of nitrogens with one attached hydrogen (secondary N) is 1. The molecule has 0 spiro atoms. The van der Waals surface area contributed by atoms with E-state index in [9.17, 15) is 0 Å². The second-order valence-corrected chi connectivity index (χ2v) is 4.85. The zero-order valence-electron chi connectivity index (χ0n) is 11.4. The number of ether oxygens (including phenoxy) is 1. The molecule has 100 valence electrons. The van der Waals surface area contributed by atoms with Gasteiger partial charge in [0.2, 0.25) is 0 Å². The second kappa shape index (κ2) is 6.71. The molecule has 4 nitrogen and oxygen atoms in total. The van der Waals surface area contributed by atoms with E-state index in [1.54, 1.807) is 0 Å². The first-order valence-corrected chi connectivity index (χ1v) is 6.81. The first-order chi connectivity index (χ1) is 8.79. The lowest BCUT2D eigenvalue weighted by Crippen LogP contribution is -2.40. The Balaban J connectivity index is 1.99. The number of hydrogen-bond acceptors (Lipinski definition) is 4. The van der Waals surface area contributed by atoms with Crippen molar-refractivity contribution in [3.05, 3.63) is 23.9 Å². The summed E-state index contributed by atoms with van der Waals surface area (Å²) < 4.78 is 5.57. The van der Waals surface area contributed by atoms with E-state index in [2.05, 4.69) is 35.1 Å². The van der Waals surface area contributed by atoms with Crippen molar-refractivity contribution < 1.29 is 4.74 Å². The number of anilines is 1. The third-order valence-electron chi connectivity index (χ3n) is 3.15. The van der Waals surface area contributed by atoms with Crippen LogP contribution in [0.2, 0.25) is 0 Å². The van der Waals surface area contributed by atoms with Crippen LogP contribution in [-0.2, 0) is 11.3 Å². The first-order valence-electron chi connectivity index (χ1n) is 6.81. The van der Waals surface area contributed by atoms with Gasteiger partial charge in [0, 0.05) is 37.9 Å². The van der Waals surface area contributed by atoms with Gasteiger partial charge in [-0.15, -0.1) is 0 Å². The average molecular weight is 249 g/mol. The minimum atomic E-state index is 0.336. The van der Waals surface area contributed by atoms with Crippen molar-refractivity contribution in [1.82, 2.24) is 9.88 Å². The molecule has 1 atom stereocenters. The maximum atomic E-state index is 5.57.